The number of nitrogens with zero attached hydrogens (tertiary/aromatic N) is 1. The van der Waals surface area contributed by atoms with E-state index in [-0.39, 0.29) is 24.4 Å². The topological polar surface area (TPSA) is 49.8 Å². The summed E-state index contributed by atoms with van der Waals surface area (Å²) in [6.45, 7) is 3.32. The highest BCUT2D eigenvalue weighted by Crippen LogP contribution is 2.40. The Morgan fingerprint density at radius 1 is 1.17 bits per heavy atom. The van der Waals surface area contributed by atoms with E-state index in [1.54, 1.807) is 0 Å². The van der Waals surface area contributed by atoms with Gasteiger partial charge in [-0.3, -0.25) is 4.79 Å². The van der Waals surface area contributed by atoms with Crippen molar-refractivity contribution in [2.24, 2.45) is 0 Å². The third-order valence-corrected chi connectivity index (χ3v) is 6.15. The van der Waals surface area contributed by atoms with Crippen LogP contribution < -0.4 is 9.64 Å². The molecule has 2 aromatic carbocycles. The van der Waals surface area contributed by atoms with Gasteiger partial charge in [-0.15, -0.1) is 11.6 Å². The summed E-state index contributed by atoms with van der Waals surface area (Å²) in [4.78, 5) is 13.1. The zero-order valence-electron chi connectivity index (χ0n) is 17.7. The number of hydrogen-bond acceptors (Lipinski definition) is 3. The first kappa shape index (κ1) is 22.5. The maximum absolute atomic E-state index is 10.7. The first-order valence-electron chi connectivity index (χ1n) is 11.0. The number of halogens is 1. The third kappa shape index (κ3) is 6.15. The van der Waals surface area contributed by atoms with E-state index in [0.29, 0.717) is 5.75 Å². The van der Waals surface area contributed by atoms with Crippen LogP contribution in [0.4, 0.5) is 5.69 Å². The molecule has 162 valence electrons. The summed E-state index contributed by atoms with van der Waals surface area (Å²) in [6, 6.07) is 16.9. The first-order valence-corrected chi connectivity index (χ1v) is 11.5. The molecule has 30 heavy (non-hydrogen) atoms. The van der Waals surface area contributed by atoms with Gasteiger partial charge in [-0.25, -0.2) is 0 Å². The van der Waals surface area contributed by atoms with Crippen molar-refractivity contribution in [3.8, 4) is 5.75 Å². The van der Waals surface area contributed by atoms with Crippen LogP contribution in [0.3, 0.4) is 0 Å². The molecule has 2 unspecified atom stereocenters. The van der Waals surface area contributed by atoms with Gasteiger partial charge in [-0.2, -0.15) is 0 Å². The molecule has 2 atom stereocenters. The highest BCUT2D eigenvalue weighted by Gasteiger charge is 2.34. The molecule has 1 aliphatic heterocycles. The Morgan fingerprint density at radius 2 is 1.97 bits per heavy atom. The van der Waals surface area contributed by atoms with Crippen LogP contribution in [0.1, 0.15) is 62.6 Å². The van der Waals surface area contributed by atoms with Gasteiger partial charge in [0.25, 0.3) is 0 Å². The number of ether oxygens (including phenoxy) is 1. The molecule has 0 aromatic heterocycles. The second-order valence-corrected chi connectivity index (χ2v) is 8.55. The van der Waals surface area contributed by atoms with Gasteiger partial charge in [0.2, 0.25) is 0 Å². The van der Waals surface area contributed by atoms with Crippen LogP contribution in [0.15, 0.2) is 48.5 Å². The number of carbonyl (C=O) groups is 1. The number of aliphatic carboxylic acids is 1. The molecule has 5 heteroatoms. The fraction of sp³-hybridized carbons (Fsp3) is 0.480. The number of rotatable bonds is 11. The summed E-state index contributed by atoms with van der Waals surface area (Å²) in [5.41, 5.74) is 3.68. The highest BCUT2D eigenvalue weighted by atomic mass is 35.5. The number of carboxylic acid groups (broad SMARTS) is 1. The predicted octanol–water partition coefficient (Wildman–Crippen LogP) is 6.22. The minimum absolute atomic E-state index is 0.0112. The van der Waals surface area contributed by atoms with Crippen molar-refractivity contribution in [3.63, 3.8) is 0 Å². The minimum atomic E-state index is -0.859. The maximum atomic E-state index is 10.7. The van der Waals surface area contributed by atoms with Gasteiger partial charge in [-0.05, 0) is 54.7 Å². The molecule has 1 N–H and O–H groups in total. The monoisotopic (exact) mass is 429 g/mol. The lowest BCUT2D eigenvalue weighted by atomic mass is 10.0. The number of carboxylic acids is 1. The lowest BCUT2D eigenvalue weighted by Crippen LogP contribution is -2.25. The molecule has 0 radical (unpaired) electrons. The summed E-state index contributed by atoms with van der Waals surface area (Å²) in [5.74, 6) is -0.172. The van der Waals surface area contributed by atoms with Gasteiger partial charge >= 0.3 is 5.97 Å². The molecule has 0 amide bonds. The van der Waals surface area contributed by atoms with Crippen molar-refractivity contribution in [3.05, 3.63) is 59.7 Å². The van der Waals surface area contributed by atoms with Gasteiger partial charge in [0.05, 0.1) is 24.4 Å². The Bertz CT molecular complexity index is 808. The van der Waals surface area contributed by atoms with E-state index in [1.807, 2.05) is 18.2 Å². The normalized spacial score (nSPS) is 18.5. The average molecular weight is 430 g/mol. The quantitative estimate of drug-likeness (QED) is 0.340. The molecule has 1 heterocycles. The molecule has 0 spiro atoms. The van der Waals surface area contributed by atoms with Crippen LogP contribution in [0.25, 0.3) is 0 Å². The van der Waals surface area contributed by atoms with Gasteiger partial charge in [0, 0.05) is 12.2 Å². The van der Waals surface area contributed by atoms with Crippen molar-refractivity contribution in [2.75, 3.05) is 18.1 Å². The van der Waals surface area contributed by atoms with E-state index in [2.05, 4.69) is 42.2 Å². The van der Waals surface area contributed by atoms with E-state index >= 15 is 0 Å². The molecule has 1 aliphatic rings. The third-order valence-electron chi connectivity index (χ3n) is 5.70. The molecule has 0 aliphatic carbocycles. The Kier molecular flexibility index (Phi) is 8.44. The molecule has 1 saturated heterocycles. The number of unbranched alkanes of at least 4 members (excludes halogenated alkanes) is 3. The van der Waals surface area contributed by atoms with Crippen molar-refractivity contribution >= 4 is 23.3 Å². The number of aryl methyl sites for hydroxylation is 1. The van der Waals surface area contributed by atoms with Gasteiger partial charge in [-0.1, -0.05) is 50.5 Å². The van der Waals surface area contributed by atoms with Crippen LogP contribution in [-0.4, -0.2) is 29.6 Å². The average Bonchev–Trinajstić information content (AvgIpc) is 3.13. The Labute approximate surface area is 184 Å². The summed E-state index contributed by atoms with van der Waals surface area (Å²) < 4.78 is 5.62. The molecule has 4 nitrogen and oxygen atoms in total. The van der Waals surface area contributed by atoms with Gasteiger partial charge in [0.1, 0.15) is 5.75 Å². The summed E-state index contributed by atoms with van der Waals surface area (Å²) >= 11 is 6.72. The van der Waals surface area contributed by atoms with E-state index in [0.717, 1.165) is 24.9 Å². The maximum Gasteiger partial charge on any atom is 0.306 e. The number of alkyl halides is 1. The van der Waals surface area contributed by atoms with Crippen LogP contribution in [0, 0.1) is 0 Å². The zero-order valence-corrected chi connectivity index (χ0v) is 18.5. The fourth-order valence-corrected chi connectivity index (χ4v) is 4.47. The lowest BCUT2D eigenvalue weighted by Gasteiger charge is -2.29. The SMILES string of the molecule is CCCCCCc1ccc(N2CCC(Cl)C2c2cccc(OCCC(=O)O)c2)cc1. The van der Waals surface area contributed by atoms with Crippen molar-refractivity contribution in [2.45, 2.75) is 63.3 Å². The molecule has 2 aromatic rings. The standard InChI is InChI=1S/C25H32ClNO3/c1-2-3-4-5-7-19-10-12-21(13-11-19)27-16-14-23(26)25(27)20-8-6-9-22(18-20)30-17-15-24(28)29/h6,8-13,18,23,25H,2-5,7,14-17H2,1H3,(H,28,29). The largest absolute Gasteiger partial charge is 0.493 e. The van der Waals surface area contributed by atoms with Crippen LogP contribution in [0.5, 0.6) is 5.75 Å². The van der Waals surface area contributed by atoms with Crippen molar-refractivity contribution < 1.29 is 14.6 Å². The highest BCUT2D eigenvalue weighted by molar-refractivity contribution is 6.21. The molecule has 1 fully saturated rings. The van der Waals surface area contributed by atoms with Crippen molar-refractivity contribution in [1.82, 2.24) is 0 Å². The lowest BCUT2D eigenvalue weighted by molar-refractivity contribution is -0.137. The predicted molar refractivity (Wildman–Crippen MR) is 123 cm³/mol. The van der Waals surface area contributed by atoms with Crippen LogP contribution >= 0.6 is 11.6 Å². The Morgan fingerprint density at radius 3 is 2.70 bits per heavy atom. The smallest absolute Gasteiger partial charge is 0.306 e. The van der Waals surface area contributed by atoms with Crippen LogP contribution in [0.2, 0.25) is 0 Å². The number of hydrogen-bond donors (Lipinski definition) is 1. The van der Waals surface area contributed by atoms with E-state index in [9.17, 15) is 4.79 Å². The molecule has 3 rings (SSSR count). The van der Waals surface area contributed by atoms with Crippen molar-refractivity contribution in [1.29, 1.82) is 0 Å². The minimum Gasteiger partial charge on any atom is -0.493 e. The second kappa shape index (κ2) is 11.3. The number of benzene rings is 2. The summed E-state index contributed by atoms with van der Waals surface area (Å²) in [6.07, 6.45) is 7.17. The zero-order chi connectivity index (χ0) is 21.3. The van der Waals surface area contributed by atoms with E-state index < -0.39 is 5.97 Å². The summed E-state index contributed by atoms with van der Waals surface area (Å²) in [5, 5.41) is 8.82. The van der Waals surface area contributed by atoms with Gasteiger partial charge < -0.3 is 14.7 Å². The van der Waals surface area contributed by atoms with E-state index in [4.69, 9.17) is 21.4 Å². The molecule has 0 bridgehead atoms. The van der Waals surface area contributed by atoms with Crippen LogP contribution in [-0.2, 0) is 11.2 Å². The fourth-order valence-electron chi connectivity index (χ4n) is 4.09. The van der Waals surface area contributed by atoms with Gasteiger partial charge in [0.15, 0.2) is 0 Å². The van der Waals surface area contributed by atoms with E-state index in [1.165, 1.54) is 36.9 Å². The molecular formula is C25H32ClNO3. The summed E-state index contributed by atoms with van der Waals surface area (Å²) in [7, 11) is 0. The molecular weight excluding hydrogens is 398 g/mol. The molecule has 0 saturated carbocycles. The Balaban J connectivity index is 1.68. The number of anilines is 1. The Hall–Kier alpha value is -2.20. The first-order chi connectivity index (χ1) is 14.6. The second-order valence-electron chi connectivity index (χ2n) is 7.98.